The van der Waals surface area contributed by atoms with Gasteiger partial charge < -0.3 is 9.15 Å². The molecule has 0 aliphatic carbocycles. The number of rotatable bonds is 6. The van der Waals surface area contributed by atoms with Gasteiger partial charge in [0.05, 0.1) is 7.11 Å². The van der Waals surface area contributed by atoms with Crippen LogP contribution in [0, 0.1) is 6.92 Å². The summed E-state index contributed by atoms with van der Waals surface area (Å²) < 4.78 is 10.0. The number of esters is 1. The fraction of sp³-hybridized carbons (Fsp3) is 0.333. The van der Waals surface area contributed by atoms with Crippen LogP contribution in [0.4, 0.5) is 5.13 Å². The molecule has 8 heteroatoms. The lowest BCUT2D eigenvalue weighted by Gasteiger charge is -1.93. The molecular weight excluding hydrogens is 318 g/mol. The van der Waals surface area contributed by atoms with Crippen LogP contribution in [0.25, 0.3) is 6.08 Å². The smallest absolute Gasteiger partial charge is 0.341 e. The second kappa shape index (κ2) is 7.68. The molecule has 0 unspecified atom stereocenters. The maximum absolute atomic E-state index is 11.8. The minimum Gasteiger partial charge on any atom is -0.465 e. The van der Waals surface area contributed by atoms with Crippen molar-refractivity contribution in [3.05, 3.63) is 34.2 Å². The number of anilines is 1. The molecule has 0 radical (unpaired) electrons. The van der Waals surface area contributed by atoms with Crippen molar-refractivity contribution in [2.45, 2.75) is 26.7 Å². The number of hydrogen-bond donors (Lipinski definition) is 1. The highest BCUT2D eigenvalue weighted by atomic mass is 32.1. The topological polar surface area (TPSA) is 94.3 Å². The zero-order valence-corrected chi connectivity index (χ0v) is 13.9. The van der Waals surface area contributed by atoms with E-state index < -0.39 is 5.97 Å². The van der Waals surface area contributed by atoms with Gasteiger partial charge in [0.15, 0.2) is 0 Å². The Kier molecular flexibility index (Phi) is 5.64. The summed E-state index contributed by atoms with van der Waals surface area (Å²) >= 11 is 1.35. The molecule has 2 aromatic rings. The molecule has 2 heterocycles. The van der Waals surface area contributed by atoms with E-state index in [4.69, 9.17) is 4.42 Å². The monoisotopic (exact) mass is 335 g/mol. The maximum atomic E-state index is 11.8. The summed E-state index contributed by atoms with van der Waals surface area (Å²) in [5.74, 6) is -0.00207. The van der Waals surface area contributed by atoms with Crippen molar-refractivity contribution in [1.29, 1.82) is 0 Å². The molecule has 2 aromatic heterocycles. The number of carbonyl (C=O) groups is 2. The number of amides is 1. The minimum atomic E-state index is -0.479. The maximum Gasteiger partial charge on any atom is 0.341 e. The average Bonchev–Trinajstić information content (AvgIpc) is 3.11. The number of aryl methyl sites for hydroxylation is 2. The standard InChI is InChI=1S/C15H17N3O4S/c1-4-5-13-17-18-15(23-13)16-12(19)7-6-10-8-11(9(2)22-10)14(20)21-3/h6-8H,4-5H2,1-3H3,(H,16,18,19). The Morgan fingerprint density at radius 1 is 1.43 bits per heavy atom. The molecule has 0 aromatic carbocycles. The van der Waals surface area contributed by atoms with Crippen molar-refractivity contribution < 1.29 is 18.7 Å². The third-order valence-electron chi connectivity index (χ3n) is 2.90. The number of ether oxygens (including phenoxy) is 1. The summed E-state index contributed by atoms with van der Waals surface area (Å²) in [4.78, 5) is 23.3. The predicted octanol–water partition coefficient (Wildman–Crippen LogP) is 2.83. The van der Waals surface area contributed by atoms with Crippen LogP contribution in [0.15, 0.2) is 16.6 Å². The number of hydrogen-bond acceptors (Lipinski definition) is 7. The van der Waals surface area contributed by atoms with Gasteiger partial charge in [-0.25, -0.2) is 4.79 Å². The summed E-state index contributed by atoms with van der Waals surface area (Å²) in [6.45, 7) is 3.70. The Hall–Kier alpha value is -2.48. The lowest BCUT2D eigenvalue weighted by atomic mass is 10.2. The van der Waals surface area contributed by atoms with Gasteiger partial charge in [0, 0.05) is 12.5 Å². The quantitative estimate of drug-likeness (QED) is 0.644. The van der Waals surface area contributed by atoms with Crippen LogP contribution in [0.2, 0.25) is 0 Å². The molecule has 0 bridgehead atoms. The predicted molar refractivity (Wildman–Crippen MR) is 86.4 cm³/mol. The zero-order valence-electron chi connectivity index (χ0n) is 13.1. The molecule has 0 atom stereocenters. The highest BCUT2D eigenvalue weighted by molar-refractivity contribution is 7.15. The summed E-state index contributed by atoms with van der Waals surface area (Å²) in [5, 5.41) is 11.9. The number of aromatic nitrogens is 2. The molecule has 7 nitrogen and oxygen atoms in total. The number of methoxy groups -OCH3 is 1. The molecule has 0 saturated carbocycles. The number of nitrogens with one attached hydrogen (secondary N) is 1. The van der Waals surface area contributed by atoms with E-state index in [-0.39, 0.29) is 5.91 Å². The molecule has 1 N–H and O–H groups in total. The van der Waals surface area contributed by atoms with Crippen molar-refractivity contribution in [2.75, 3.05) is 12.4 Å². The molecule has 1 amide bonds. The third kappa shape index (κ3) is 4.49. The van der Waals surface area contributed by atoms with Gasteiger partial charge in [-0.1, -0.05) is 18.3 Å². The van der Waals surface area contributed by atoms with Crippen molar-refractivity contribution in [3.8, 4) is 0 Å². The lowest BCUT2D eigenvalue weighted by molar-refractivity contribution is -0.111. The summed E-state index contributed by atoms with van der Waals surface area (Å²) in [6.07, 6.45) is 4.59. The Bertz CT molecular complexity index is 733. The summed E-state index contributed by atoms with van der Waals surface area (Å²) in [5.41, 5.74) is 0.334. The van der Waals surface area contributed by atoms with E-state index >= 15 is 0 Å². The normalized spacial score (nSPS) is 10.9. The fourth-order valence-electron chi connectivity index (χ4n) is 1.82. The minimum absolute atomic E-state index is 0.334. The van der Waals surface area contributed by atoms with Gasteiger partial charge in [-0.15, -0.1) is 10.2 Å². The Labute approximate surface area is 137 Å². The van der Waals surface area contributed by atoms with E-state index in [1.807, 2.05) is 0 Å². The molecule has 0 saturated heterocycles. The molecule has 122 valence electrons. The first kappa shape index (κ1) is 16.9. The van der Waals surface area contributed by atoms with Crippen molar-refractivity contribution in [2.24, 2.45) is 0 Å². The molecule has 0 aliphatic rings. The van der Waals surface area contributed by atoms with Crippen LogP contribution in [0.5, 0.6) is 0 Å². The van der Waals surface area contributed by atoms with Crippen molar-refractivity contribution >= 4 is 34.4 Å². The van der Waals surface area contributed by atoms with Crippen LogP contribution >= 0.6 is 11.3 Å². The second-order valence-corrected chi connectivity index (χ2v) is 5.75. The second-order valence-electron chi connectivity index (χ2n) is 4.68. The van der Waals surface area contributed by atoms with Gasteiger partial charge in [-0.2, -0.15) is 0 Å². The Balaban J connectivity index is 1.99. The number of carbonyl (C=O) groups excluding carboxylic acids is 2. The van der Waals surface area contributed by atoms with Gasteiger partial charge in [0.2, 0.25) is 11.0 Å². The Morgan fingerprint density at radius 2 is 2.22 bits per heavy atom. The van der Waals surface area contributed by atoms with Crippen LogP contribution in [0.1, 0.15) is 40.2 Å². The first-order valence-electron chi connectivity index (χ1n) is 7.03. The molecule has 0 aliphatic heterocycles. The van der Waals surface area contributed by atoms with Crippen molar-refractivity contribution in [3.63, 3.8) is 0 Å². The number of nitrogens with zero attached hydrogens (tertiary/aromatic N) is 2. The fourth-order valence-corrected chi connectivity index (χ4v) is 2.67. The van der Waals surface area contributed by atoms with Crippen LogP contribution in [-0.4, -0.2) is 29.2 Å². The van der Waals surface area contributed by atoms with E-state index in [1.165, 1.54) is 36.7 Å². The highest BCUT2D eigenvalue weighted by Crippen LogP contribution is 2.18. The largest absolute Gasteiger partial charge is 0.465 e. The first-order chi connectivity index (χ1) is 11.0. The average molecular weight is 335 g/mol. The van der Waals surface area contributed by atoms with E-state index in [0.717, 1.165) is 17.8 Å². The summed E-state index contributed by atoms with van der Waals surface area (Å²) in [6, 6.07) is 1.52. The van der Waals surface area contributed by atoms with Gasteiger partial charge in [-0.05, 0) is 25.5 Å². The van der Waals surface area contributed by atoms with Crippen LogP contribution in [-0.2, 0) is 16.0 Å². The lowest BCUT2D eigenvalue weighted by Crippen LogP contribution is -2.07. The molecule has 0 spiro atoms. The molecular formula is C15H17N3O4S. The highest BCUT2D eigenvalue weighted by Gasteiger charge is 2.14. The first-order valence-corrected chi connectivity index (χ1v) is 7.85. The van der Waals surface area contributed by atoms with Gasteiger partial charge >= 0.3 is 5.97 Å². The van der Waals surface area contributed by atoms with E-state index in [9.17, 15) is 9.59 Å². The van der Waals surface area contributed by atoms with Gasteiger partial charge in [-0.3, -0.25) is 10.1 Å². The van der Waals surface area contributed by atoms with Crippen LogP contribution in [0.3, 0.4) is 0 Å². The van der Waals surface area contributed by atoms with Gasteiger partial charge in [0.25, 0.3) is 0 Å². The van der Waals surface area contributed by atoms with E-state index in [2.05, 4.69) is 27.2 Å². The molecule has 23 heavy (non-hydrogen) atoms. The van der Waals surface area contributed by atoms with Gasteiger partial charge in [0.1, 0.15) is 22.1 Å². The SMILES string of the molecule is CCCc1nnc(NC(=O)C=Cc2cc(C(=O)OC)c(C)o2)s1. The third-order valence-corrected chi connectivity index (χ3v) is 3.80. The number of furan rings is 1. The van der Waals surface area contributed by atoms with E-state index in [1.54, 1.807) is 6.92 Å². The molecule has 0 fully saturated rings. The molecule has 2 rings (SSSR count). The van der Waals surface area contributed by atoms with E-state index in [0.29, 0.717) is 22.2 Å². The summed E-state index contributed by atoms with van der Waals surface area (Å²) in [7, 11) is 1.30. The van der Waals surface area contributed by atoms with Crippen molar-refractivity contribution in [1.82, 2.24) is 10.2 Å². The zero-order chi connectivity index (χ0) is 16.8. The Morgan fingerprint density at radius 3 is 2.91 bits per heavy atom. The van der Waals surface area contributed by atoms with Crippen LogP contribution < -0.4 is 5.32 Å².